The maximum absolute atomic E-state index is 13.3. The number of carboxylic acids is 1. The molecule has 0 radical (unpaired) electrons. The molecular weight excluding hydrogens is 265 g/mol. The third-order valence-electron chi connectivity index (χ3n) is 3.30. The van der Waals surface area contributed by atoms with E-state index >= 15 is 0 Å². The zero-order chi connectivity index (χ0) is 14.5. The van der Waals surface area contributed by atoms with Crippen molar-refractivity contribution >= 4 is 11.9 Å². The first-order valence-corrected chi connectivity index (χ1v) is 6.46. The first kappa shape index (κ1) is 14.3. The smallest absolute Gasteiger partial charge is 0.305 e. The fraction of sp³-hybridized carbons (Fsp3) is 0.429. The van der Waals surface area contributed by atoms with Gasteiger partial charge < -0.3 is 14.7 Å². The van der Waals surface area contributed by atoms with E-state index in [0.29, 0.717) is 13.0 Å². The Morgan fingerprint density at radius 2 is 2.15 bits per heavy atom. The lowest BCUT2D eigenvalue weighted by molar-refractivity contribution is -0.140. The van der Waals surface area contributed by atoms with Gasteiger partial charge in [-0.1, -0.05) is 12.1 Å². The first-order chi connectivity index (χ1) is 9.58. The van der Waals surface area contributed by atoms with Gasteiger partial charge in [-0.25, -0.2) is 4.39 Å². The quantitative estimate of drug-likeness (QED) is 0.891. The molecule has 1 N–H and O–H groups in total. The molecule has 1 atom stereocenters. The average molecular weight is 281 g/mol. The molecule has 1 fully saturated rings. The molecule has 1 aromatic carbocycles. The number of para-hydroxylation sites is 1. The summed E-state index contributed by atoms with van der Waals surface area (Å²) in [5.41, 5.74) is 0. The molecule has 1 saturated heterocycles. The summed E-state index contributed by atoms with van der Waals surface area (Å²) >= 11 is 0. The summed E-state index contributed by atoms with van der Waals surface area (Å²) < 4.78 is 18.5. The molecule has 6 heteroatoms. The summed E-state index contributed by atoms with van der Waals surface area (Å²) in [7, 11) is 0. The molecule has 1 amide bonds. The molecule has 1 heterocycles. The summed E-state index contributed by atoms with van der Waals surface area (Å²) in [5.74, 6) is -1.74. The zero-order valence-electron chi connectivity index (χ0n) is 10.9. The largest absolute Gasteiger partial charge is 0.481 e. The van der Waals surface area contributed by atoms with Crippen molar-refractivity contribution in [3.05, 3.63) is 30.1 Å². The molecule has 1 aliphatic rings. The number of hydrogen-bond acceptors (Lipinski definition) is 3. The van der Waals surface area contributed by atoms with E-state index in [9.17, 15) is 14.0 Å². The van der Waals surface area contributed by atoms with Gasteiger partial charge in [0.15, 0.2) is 18.2 Å². The number of carboxylic acid groups (broad SMARTS) is 1. The van der Waals surface area contributed by atoms with Crippen LogP contribution in [0.1, 0.15) is 19.3 Å². The van der Waals surface area contributed by atoms with E-state index in [1.165, 1.54) is 23.1 Å². The van der Waals surface area contributed by atoms with Crippen LogP contribution in [0, 0.1) is 5.82 Å². The molecule has 20 heavy (non-hydrogen) atoms. The second kappa shape index (κ2) is 6.36. The predicted octanol–water partition coefficient (Wildman–Crippen LogP) is 1.67. The van der Waals surface area contributed by atoms with Crippen molar-refractivity contribution in [2.75, 3.05) is 13.2 Å². The molecule has 1 unspecified atom stereocenters. The lowest BCUT2D eigenvalue weighted by atomic mass is 10.1. The van der Waals surface area contributed by atoms with Crippen molar-refractivity contribution in [1.29, 1.82) is 0 Å². The van der Waals surface area contributed by atoms with Gasteiger partial charge in [0.1, 0.15) is 0 Å². The highest BCUT2D eigenvalue weighted by atomic mass is 19.1. The fourth-order valence-electron chi connectivity index (χ4n) is 2.36. The topological polar surface area (TPSA) is 66.8 Å². The highest BCUT2D eigenvalue weighted by Crippen LogP contribution is 2.21. The fourth-order valence-corrected chi connectivity index (χ4v) is 2.36. The van der Waals surface area contributed by atoms with Gasteiger partial charge in [0.2, 0.25) is 0 Å². The molecular formula is C14H16FNO4. The molecule has 0 spiro atoms. The Hall–Kier alpha value is -2.11. The molecule has 0 saturated carbocycles. The van der Waals surface area contributed by atoms with Crippen LogP contribution < -0.4 is 4.74 Å². The van der Waals surface area contributed by atoms with E-state index < -0.39 is 11.8 Å². The highest BCUT2D eigenvalue weighted by Gasteiger charge is 2.30. The highest BCUT2D eigenvalue weighted by molar-refractivity contribution is 5.79. The standard InChI is InChI=1S/C14H16FNO4/c15-11-5-1-2-6-12(11)20-9-13(17)16-7-3-4-10(16)8-14(18)19/h1-2,5-6,10H,3-4,7-9H2,(H,18,19). The van der Waals surface area contributed by atoms with Gasteiger partial charge in [0.25, 0.3) is 5.91 Å². The van der Waals surface area contributed by atoms with E-state index in [1.54, 1.807) is 6.07 Å². The van der Waals surface area contributed by atoms with Gasteiger partial charge >= 0.3 is 5.97 Å². The lowest BCUT2D eigenvalue weighted by Crippen LogP contribution is -2.39. The van der Waals surface area contributed by atoms with Crippen LogP contribution in [0.3, 0.4) is 0 Å². The Labute approximate surface area is 116 Å². The Morgan fingerprint density at radius 3 is 2.85 bits per heavy atom. The van der Waals surface area contributed by atoms with Crippen molar-refractivity contribution in [1.82, 2.24) is 4.90 Å². The number of amides is 1. The molecule has 0 aliphatic carbocycles. The minimum atomic E-state index is -0.926. The van der Waals surface area contributed by atoms with Crippen molar-refractivity contribution in [3.8, 4) is 5.75 Å². The Morgan fingerprint density at radius 1 is 1.40 bits per heavy atom. The van der Waals surface area contributed by atoms with Crippen LogP contribution in [0.4, 0.5) is 4.39 Å². The number of aliphatic carboxylic acids is 1. The molecule has 108 valence electrons. The Kier molecular flexibility index (Phi) is 4.55. The Bertz CT molecular complexity index is 506. The molecule has 2 rings (SSSR count). The number of carbonyl (C=O) groups is 2. The number of ether oxygens (including phenoxy) is 1. The van der Waals surface area contributed by atoms with Gasteiger partial charge in [0, 0.05) is 12.6 Å². The molecule has 1 aliphatic heterocycles. The third-order valence-corrected chi connectivity index (χ3v) is 3.30. The first-order valence-electron chi connectivity index (χ1n) is 6.46. The minimum absolute atomic E-state index is 0.0230. The van der Waals surface area contributed by atoms with Gasteiger partial charge in [-0.05, 0) is 25.0 Å². The van der Waals surface area contributed by atoms with Crippen LogP contribution in [0.2, 0.25) is 0 Å². The van der Waals surface area contributed by atoms with E-state index in [-0.39, 0.29) is 30.7 Å². The third kappa shape index (κ3) is 3.46. The molecule has 5 nitrogen and oxygen atoms in total. The van der Waals surface area contributed by atoms with Gasteiger partial charge in [0.05, 0.1) is 6.42 Å². The predicted molar refractivity (Wildman–Crippen MR) is 68.9 cm³/mol. The van der Waals surface area contributed by atoms with Gasteiger partial charge in [-0.3, -0.25) is 9.59 Å². The molecule has 0 bridgehead atoms. The molecule has 0 aromatic heterocycles. The number of likely N-dealkylation sites (tertiary alicyclic amines) is 1. The Balaban J connectivity index is 1.91. The average Bonchev–Trinajstić information content (AvgIpc) is 2.85. The summed E-state index contributed by atoms with van der Waals surface area (Å²) in [5, 5.41) is 8.80. The van der Waals surface area contributed by atoms with Crippen LogP contribution in [0.5, 0.6) is 5.75 Å². The maximum atomic E-state index is 13.3. The number of halogens is 1. The van der Waals surface area contributed by atoms with E-state index in [2.05, 4.69) is 0 Å². The molecule has 1 aromatic rings. The summed E-state index contributed by atoms with van der Waals surface area (Å²) in [6.45, 7) is 0.245. The van der Waals surface area contributed by atoms with Crippen LogP contribution in [0.15, 0.2) is 24.3 Å². The maximum Gasteiger partial charge on any atom is 0.305 e. The van der Waals surface area contributed by atoms with E-state index in [1.807, 2.05) is 0 Å². The van der Waals surface area contributed by atoms with Crippen molar-refractivity contribution in [2.45, 2.75) is 25.3 Å². The SMILES string of the molecule is O=C(O)CC1CCCN1C(=O)COc1ccccc1F. The van der Waals surface area contributed by atoms with Gasteiger partial charge in [-0.15, -0.1) is 0 Å². The van der Waals surface area contributed by atoms with Crippen LogP contribution in [-0.2, 0) is 9.59 Å². The number of nitrogens with zero attached hydrogens (tertiary/aromatic N) is 1. The van der Waals surface area contributed by atoms with E-state index in [0.717, 1.165) is 6.42 Å². The van der Waals surface area contributed by atoms with Crippen molar-refractivity contribution < 1.29 is 23.8 Å². The second-order valence-electron chi connectivity index (χ2n) is 4.70. The number of hydrogen-bond donors (Lipinski definition) is 1. The normalized spacial score (nSPS) is 18.1. The second-order valence-corrected chi connectivity index (χ2v) is 4.70. The van der Waals surface area contributed by atoms with E-state index in [4.69, 9.17) is 9.84 Å². The number of carbonyl (C=O) groups excluding carboxylic acids is 1. The van der Waals surface area contributed by atoms with Crippen molar-refractivity contribution in [3.63, 3.8) is 0 Å². The summed E-state index contributed by atoms with van der Waals surface area (Å²) in [4.78, 5) is 24.2. The van der Waals surface area contributed by atoms with Crippen LogP contribution >= 0.6 is 0 Å². The van der Waals surface area contributed by atoms with Crippen molar-refractivity contribution in [2.24, 2.45) is 0 Å². The van der Waals surface area contributed by atoms with Crippen LogP contribution in [-0.4, -0.2) is 41.1 Å². The monoisotopic (exact) mass is 281 g/mol. The number of benzene rings is 1. The van der Waals surface area contributed by atoms with Crippen LogP contribution in [0.25, 0.3) is 0 Å². The summed E-state index contributed by atoms with van der Waals surface area (Å²) in [6, 6.07) is 5.56. The lowest BCUT2D eigenvalue weighted by Gasteiger charge is -2.23. The minimum Gasteiger partial charge on any atom is -0.481 e. The van der Waals surface area contributed by atoms with Gasteiger partial charge in [-0.2, -0.15) is 0 Å². The number of rotatable bonds is 5. The summed E-state index contributed by atoms with van der Waals surface area (Å²) in [6.07, 6.45) is 1.40. The zero-order valence-corrected chi connectivity index (χ0v) is 10.9.